The van der Waals surface area contributed by atoms with Crippen LogP contribution in [0.25, 0.3) is 11.4 Å². The van der Waals surface area contributed by atoms with Gasteiger partial charge in [-0.1, -0.05) is 54.7 Å². The summed E-state index contributed by atoms with van der Waals surface area (Å²) in [6.07, 6.45) is 1.73. The van der Waals surface area contributed by atoms with Crippen molar-refractivity contribution in [2.24, 2.45) is 0 Å². The lowest BCUT2D eigenvalue weighted by molar-refractivity contribution is 0.185. The van der Waals surface area contributed by atoms with E-state index >= 15 is 0 Å². The lowest BCUT2D eigenvalue weighted by Crippen LogP contribution is -1.98. The summed E-state index contributed by atoms with van der Waals surface area (Å²) < 4.78 is 5.12. The summed E-state index contributed by atoms with van der Waals surface area (Å²) in [5, 5.41) is 0.859. The standard InChI is InChI=1S/C15H16Cl2N2O/c1-3-5-12-13(16)18-15(19-14(12)17)11-7-4-6-10(8-11)9-20-2/h4,6-8H,3,5,9H2,1-2H3. The molecule has 0 amide bonds. The molecule has 5 heteroatoms. The van der Waals surface area contributed by atoms with Crippen molar-refractivity contribution in [2.45, 2.75) is 26.4 Å². The third kappa shape index (κ3) is 3.48. The van der Waals surface area contributed by atoms with Crippen LogP contribution in [0.2, 0.25) is 10.3 Å². The predicted octanol–water partition coefficient (Wildman–Crippen LogP) is 4.55. The Kier molecular flexibility index (Phi) is 5.35. The first kappa shape index (κ1) is 15.2. The van der Waals surface area contributed by atoms with Crippen LogP contribution in [0.3, 0.4) is 0 Å². The lowest BCUT2D eigenvalue weighted by atomic mass is 10.1. The summed E-state index contributed by atoms with van der Waals surface area (Å²) in [6.45, 7) is 2.61. The van der Waals surface area contributed by atoms with Gasteiger partial charge < -0.3 is 4.74 Å². The van der Waals surface area contributed by atoms with Gasteiger partial charge in [0, 0.05) is 18.2 Å². The summed E-state index contributed by atoms with van der Waals surface area (Å²) in [6, 6.07) is 7.84. The van der Waals surface area contributed by atoms with Crippen LogP contribution in [-0.4, -0.2) is 17.1 Å². The third-order valence-corrected chi connectivity index (χ3v) is 3.53. The number of aromatic nitrogens is 2. The average Bonchev–Trinajstić information content (AvgIpc) is 2.43. The van der Waals surface area contributed by atoms with Crippen molar-refractivity contribution in [1.29, 1.82) is 0 Å². The second-order valence-electron chi connectivity index (χ2n) is 4.49. The van der Waals surface area contributed by atoms with Crippen LogP contribution in [0.5, 0.6) is 0 Å². The fraction of sp³-hybridized carbons (Fsp3) is 0.333. The van der Waals surface area contributed by atoms with Crippen LogP contribution in [-0.2, 0) is 17.8 Å². The molecule has 2 rings (SSSR count). The van der Waals surface area contributed by atoms with Crippen LogP contribution >= 0.6 is 23.2 Å². The smallest absolute Gasteiger partial charge is 0.162 e. The van der Waals surface area contributed by atoms with Gasteiger partial charge in [0.1, 0.15) is 10.3 Å². The molecule has 0 aliphatic carbocycles. The van der Waals surface area contributed by atoms with Gasteiger partial charge in [-0.3, -0.25) is 0 Å². The van der Waals surface area contributed by atoms with Gasteiger partial charge in [-0.15, -0.1) is 0 Å². The van der Waals surface area contributed by atoms with E-state index in [4.69, 9.17) is 27.9 Å². The van der Waals surface area contributed by atoms with Gasteiger partial charge in [0.15, 0.2) is 5.82 Å². The van der Waals surface area contributed by atoms with Crippen LogP contribution in [0.15, 0.2) is 24.3 Å². The maximum atomic E-state index is 6.20. The first-order valence-electron chi connectivity index (χ1n) is 6.45. The molecule has 0 unspecified atom stereocenters. The Morgan fingerprint density at radius 3 is 2.45 bits per heavy atom. The van der Waals surface area contributed by atoms with E-state index in [1.807, 2.05) is 24.3 Å². The fourth-order valence-corrected chi connectivity index (χ4v) is 2.56. The Morgan fingerprint density at radius 2 is 1.85 bits per heavy atom. The highest BCUT2D eigenvalue weighted by Gasteiger charge is 2.12. The number of hydrogen-bond donors (Lipinski definition) is 0. The quantitative estimate of drug-likeness (QED) is 0.760. The monoisotopic (exact) mass is 310 g/mol. The first-order valence-corrected chi connectivity index (χ1v) is 7.21. The second kappa shape index (κ2) is 7.02. The minimum Gasteiger partial charge on any atom is -0.380 e. The van der Waals surface area contributed by atoms with Gasteiger partial charge in [-0.05, 0) is 18.1 Å². The van der Waals surface area contributed by atoms with Crippen molar-refractivity contribution in [3.8, 4) is 11.4 Å². The van der Waals surface area contributed by atoms with Crippen molar-refractivity contribution in [3.63, 3.8) is 0 Å². The predicted molar refractivity (Wildman–Crippen MR) is 82.2 cm³/mol. The molecular formula is C15H16Cl2N2O. The number of halogens is 2. The largest absolute Gasteiger partial charge is 0.380 e. The number of benzene rings is 1. The number of hydrogen-bond acceptors (Lipinski definition) is 3. The molecule has 0 aliphatic rings. The Bertz CT molecular complexity index is 579. The van der Waals surface area contributed by atoms with Crippen molar-refractivity contribution >= 4 is 23.2 Å². The molecule has 3 nitrogen and oxygen atoms in total. The molecule has 0 bridgehead atoms. The fourth-order valence-electron chi connectivity index (χ4n) is 1.98. The topological polar surface area (TPSA) is 35.0 Å². The Hall–Kier alpha value is -1.16. The molecule has 2 aromatic rings. The Morgan fingerprint density at radius 1 is 1.15 bits per heavy atom. The number of rotatable bonds is 5. The van der Waals surface area contributed by atoms with Gasteiger partial charge in [-0.25, -0.2) is 9.97 Å². The molecule has 0 N–H and O–H groups in total. The summed E-state index contributed by atoms with van der Waals surface area (Å²) in [4.78, 5) is 8.71. The summed E-state index contributed by atoms with van der Waals surface area (Å²) in [7, 11) is 1.66. The molecule has 0 radical (unpaired) electrons. The first-order chi connectivity index (χ1) is 9.65. The van der Waals surface area contributed by atoms with Gasteiger partial charge in [0.2, 0.25) is 0 Å². The molecule has 0 saturated carbocycles. The van der Waals surface area contributed by atoms with Gasteiger partial charge in [0.05, 0.1) is 6.61 Å². The van der Waals surface area contributed by atoms with Crippen molar-refractivity contribution < 1.29 is 4.74 Å². The van der Waals surface area contributed by atoms with E-state index < -0.39 is 0 Å². The normalized spacial score (nSPS) is 10.8. The maximum Gasteiger partial charge on any atom is 0.162 e. The number of methoxy groups -OCH3 is 1. The van der Waals surface area contributed by atoms with Crippen LogP contribution in [0.4, 0.5) is 0 Å². The van der Waals surface area contributed by atoms with E-state index in [2.05, 4.69) is 16.9 Å². The summed E-state index contributed by atoms with van der Waals surface area (Å²) >= 11 is 12.4. The second-order valence-corrected chi connectivity index (χ2v) is 5.21. The van der Waals surface area contributed by atoms with Crippen molar-refractivity contribution in [2.75, 3.05) is 7.11 Å². The van der Waals surface area contributed by atoms with E-state index in [0.717, 1.165) is 29.5 Å². The molecule has 0 fully saturated rings. The zero-order chi connectivity index (χ0) is 14.5. The summed E-state index contributed by atoms with van der Waals surface area (Å²) in [5.41, 5.74) is 2.75. The molecule has 0 aliphatic heterocycles. The highest BCUT2D eigenvalue weighted by molar-refractivity contribution is 6.34. The molecule has 106 valence electrons. The average molecular weight is 311 g/mol. The minimum atomic E-state index is 0.430. The highest BCUT2D eigenvalue weighted by Crippen LogP contribution is 2.27. The van der Waals surface area contributed by atoms with E-state index in [1.54, 1.807) is 7.11 Å². The zero-order valence-electron chi connectivity index (χ0n) is 11.5. The SMILES string of the molecule is CCCc1c(Cl)nc(-c2cccc(COC)c2)nc1Cl. The van der Waals surface area contributed by atoms with Crippen LogP contribution in [0, 0.1) is 0 Å². The van der Waals surface area contributed by atoms with Gasteiger partial charge in [0.25, 0.3) is 0 Å². The number of nitrogens with zero attached hydrogens (tertiary/aromatic N) is 2. The Balaban J connectivity index is 2.40. The van der Waals surface area contributed by atoms with E-state index in [1.165, 1.54) is 0 Å². The molecule has 20 heavy (non-hydrogen) atoms. The molecule has 0 spiro atoms. The van der Waals surface area contributed by atoms with Crippen LogP contribution < -0.4 is 0 Å². The van der Waals surface area contributed by atoms with Crippen LogP contribution in [0.1, 0.15) is 24.5 Å². The van der Waals surface area contributed by atoms with Gasteiger partial charge >= 0.3 is 0 Å². The number of ether oxygens (including phenoxy) is 1. The van der Waals surface area contributed by atoms with Gasteiger partial charge in [-0.2, -0.15) is 0 Å². The van der Waals surface area contributed by atoms with E-state index in [0.29, 0.717) is 22.7 Å². The minimum absolute atomic E-state index is 0.430. The summed E-state index contributed by atoms with van der Waals surface area (Å²) in [5.74, 6) is 0.540. The third-order valence-electron chi connectivity index (χ3n) is 2.90. The zero-order valence-corrected chi connectivity index (χ0v) is 13.0. The Labute approximate surface area is 128 Å². The molecule has 1 aromatic heterocycles. The molecule has 0 atom stereocenters. The van der Waals surface area contributed by atoms with Crippen molar-refractivity contribution in [1.82, 2.24) is 9.97 Å². The van der Waals surface area contributed by atoms with E-state index in [-0.39, 0.29) is 0 Å². The molecular weight excluding hydrogens is 295 g/mol. The molecule has 0 saturated heterocycles. The van der Waals surface area contributed by atoms with E-state index in [9.17, 15) is 0 Å². The maximum absolute atomic E-state index is 6.20. The molecule has 1 heterocycles. The highest BCUT2D eigenvalue weighted by atomic mass is 35.5. The molecule has 1 aromatic carbocycles. The van der Waals surface area contributed by atoms with Crippen molar-refractivity contribution in [3.05, 3.63) is 45.7 Å². The lowest BCUT2D eigenvalue weighted by Gasteiger charge is -2.08.